The highest BCUT2D eigenvalue weighted by Crippen LogP contribution is 2.36. The van der Waals surface area contributed by atoms with Crippen molar-refractivity contribution in [3.8, 4) is 23.6 Å². The molecule has 1 aliphatic rings. The van der Waals surface area contributed by atoms with Gasteiger partial charge in [0.05, 0.1) is 36.2 Å². The van der Waals surface area contributed by atoms with Crippen LogP contribution in [0.4, 0.5) is 0 Å². The predicted octanol–water partition coefficient (Wildman–Crippen LogP) is 4.48. The Hall–Kier alpha value is -2.81. The monoisotopic (exact) mass is 436 g/mol. The number of hydrogen-bond donors (Lipinski definition) is 0. The lowest BCUT2D eigenvalue weighted by Gasteiger charge is -2.14. The summed E-state index contributed by atoms with van der Waals surface area (Å²) in [5.41, 5.74) is 1.81. The van der Waals surface area contributed by atoms with Gasteiger partial charge in [-0.1, -0.05) is 11.8 Å². The topological polar surface area (TPSA) is 91.7 Å². The minimum atomic E-state index is -0.264. The third kappa shape index (κ3) is 3.81. The highest BCUT2D eigenvalue weighted by molar-refractivity contribution is 7.99. The SMILES string of the molecule is COc1ccc(-n2c(SC[C@H](C#N)CCC#N)nc3sc4c(c3c2=O)CCC4)cc1. The van der Waals surface area contributed by atoms with Crippen LogP contribution in [0.3, 0.4) is 0 Å². The number of ether oxygens (including phenoxy) is 1. The molecule has 0 N–H and O–H groups in total. The molecule has 0 bridgehead atoms. The molecule has 0 spiro atoms. The molecule has 0 amide bonds. The molecule has 0 radical (unpaired) electrons. The van der Waals surface area contributed by atoms with E-state index in [9.17, 15) is 10.1 Å². The van der Waals surface area contributed by atoms with Gasteiger partial charge in [-0.15, -0.1) is 11.3 Å². The number of benzene rings is 1. The molecular formula is C22H20N4O2S2. The second-order valence-electron chi connectivity index (χ2n) is 7.10. The zero-order valence-electron chi connectivity index (χ0n) is 16.6. The smallest absolute Gasteiger partial charge is 0.267 e. The molecular weight excluding hydrogens is 416 g/mol. The van der Waals surface area contributed by atoms with Gasteiger partial charge >= 0.3 is 0 Å². The fourth-order valence-corrected chi connectivity index (χ4v) is 6.05. The minimum absolute atomic E-state index is 0.0578. The molecule has 3 aromatic rings. The molecule has 6 nitrogen and oxygen atoms in total. The lowest BCUT2D eigenvalue weighted by Crippen LogP contribution is -2.22. The van der Waals surface area contributed by atoms with Gasteiger partial charge in [-0.3, -0.25) is 9.36 Å². The molecule has 2 heterocycles. The Morgan fingerprint density at radius 2 is 2.10 bits per heavy atom. The number of thioether (sulfide) groups is 1. The second-order valence-corrected chi connectivity index (χ2v) is 9.18. The fourth-order valence-electron chi connectivity index (χ4n) is 3.68. The average molecular weight is 437 g/mol. The summed E-state index contributed by atoms with van der Waals surface area (Å²) in [5, 5.41) is 19.5. The normalized spacial score (nSPS) is 13.6. The first-order valence-electron chi connectivity index (χ1n) is 9.77. The Morgan fingerprint density at radius 3 is 2.80 bits per heavy atom. The summed E-state index contributed by atoms with van der Waals surface area (Å²) < 4.78 is 6.90. The van der Waals surface area contributed by atoms with Crippen LogP contribution >= 0.6 is 23.1 Å². The second kappa shape index (κ2) is 8.91. The predicted molar refractivity (Wildman–Crippen MR) is 118 cm³/mol. The number of nitrogens with zero attached hydrogens (tertiary/aromatic N) is 4. The quantitative estimate of drug-likeness (QED) is 0.400. The number of hydrogen-bond acceptors (Lipinski definition) is 7. The van der Waals surface area contributed by atoms with Crippen molar-refractivity contribution in [1.29, 1.82) is 10.5 Å². The Kier molecular flexibility index (Phi) is 6.08. The maximum Gasteiger partial charge on any atom is 0.267 e. The molecule has 0 aliphatic heterocycles. The number of aryl methyl sites for hydroxylation is 2. The highest BCUT2D eigenvalue weighted by Gasteiger charge is 2.24. The van der Waals surface area contributed by atoms with E-state index in [1.165, 1.54) is 16.6 Å². The standard InChI is InChI=1S/C22H20N4O2S2/c1-28-16-9-7-15(8-10-16)26-21(27)19-17-5-2-6-18(17)30-20(19)25-22(26)29-13-14(12-24)4-3-11-23/h7-10,14H,2-6,13H2,1H3/t14-/m0/s1. The first-order valence-corrected chi connectivity index (χ1v) is 11.6. The van der Waals surface area contributed by atoms with Crippen molar-refractivity contribution < 1.29 is 4.74 Å². The molecule has 30 heavy (non-hydrogen) atoms. The molecule has 1 aliphatic carbocycles. The van der Waals surface area contributed by atoms with Crippen molar-refractivity contribution in [3.05, 3.63) is 45.1 Å². The number of fused-ring (bicyclic) bond motifs is 3. The lowest BCUT2D eigenvalue weighted by molar-refractivity contribution is 0.414. The molecule has 0 fully saturated rings. The summed E-state index contributed by atoms with van der Waals surface area (Å²) >= 11 is 3.01. The number of nitriles is 2. The van der Waals surface area contributed by atoms with E-state index in [1.54, 1.807) is 23.0 Å². The van der Waals surface area contributed by atoms with Crippen LogP contribution < -0.4 is 10.3 Å². The van der Waals surface area contributed by atoms with Gasteiger partial charge in [0, 0.05) is 17.1 Å². The zero-order valence-corrected chi connectivity index (χ0v) is 18.2. The van der Waals surface area contributed by atoms with Gasteiger partial charge in [-0.25, -0.2) is 4.98 Å². The van der Waals surface area contributed by atoms with Gasteiger partial charge in [0.1, 0.15) is 10.6 Å². The van der Waals surface area contributed by atoms with Crippen molar-refractivity contribution in [1.82, 2.24) is 9.55 Å². The maximum absolute atomic E-state index is 13.6. The summed E-state index contributed by atoms with van der Waals surface area (Å²) in [4.78, 5) is 20.5. The van der Waals surface area contributed by atoms with Crippen LogP contribution in [0, 0.1) is 28.6 Å². The molecule has 1 aromatic carbocycles. The summed E-state index contributed by atoms with van der Waals surface area (Å²) in [7, 11) is 1.61. The molecule has 2 aromatic heterocycles. The first kappa shape index (κ1) is 20.5. The summed E-state index contributed by atoms with van der Waals surface area (Å²) in [5.74, 6) is 0.935. The number of methoxy groups -OCH3 is 1. The molecule has 0 saturated carbocycles. The molecule has 4 rings (SSSR count). The van der Waals surface area contributed by atoms with Crippen LogP contribution in [0.15, 0.2) is 34.2 Å². The van der Waals surface area contributed by atoms with Crippen LogP contribution in [-0.2, 0) is 12.8 Å². The minimum Gasteiger partial charge on any atom is -0.497 e. The summed E-state index contributed by atoms with van der Waals surface area (Å²) in [6, 6.07) is 11.7. The van der Waals surface area contributed by atoms with E-state index < -0.39 is 0 Å². The van der Waals surface area contributed by atoms with Gasteiger partial charge in [0.2, 0.25) is 0 Å². The van der Waals surface area contributed by atoms with E-state index in [0.29, 0.717) is 29.5 Å². The molecule has 152 valence electrons. The summed E-state index contributed by atoms with van der Waals surface area (Å²) in [6.07, 6.45) is 3.87. The van der Waals surface area contributed by atoms with Crippen molar-refractivity contribution >= 4 is 33.3 Å². The van der Waals surface area contributed by atoms with Crippen LogP contribution in [0.5, 0.6) is 5.75 Å². The van der Waals surface area contributed by atoms with E-state index in [1.807, 2.05) is 24.3 Å². The Bertz CT molecular complexity index is 1220. The number of thiophene rings is 1. The molecule has 8 heteroatoms. The van der Waals surface area contributed by atoms with E-state index in [4.69, 9.17) is 15.0 Å². The molecule has 1 atom stereocenters. The van der Waals surface area contributed by atoms with Gasteiger partial charge in [-0.05, 0) is 55.5 Å². The van der Waals surface area contributed by atoms with Gasteiger partial charge in [0.15, 0.2) is 5.16 Å². The summed E-state index contributed by atoms with van der Waals surface area (Å²) in [6.45, 7) is 0. The van der Waals surface area contributed by atoms with Gasteiger partial charge in [0.25, 0.3) is 5.56 Å². The zero-order chi connectivity index (χ0) is 21.1. The average Bonchev–Trinajstić information content (AvgIpc) is 3.35. The van der Waals surface area contributed by atoms with Crippen molar-refractivity contribution in [3.63, 3.8) is 0 Å². The third-order valence-corrected chi connectivity index (χ3v) is 7.53. The van der Waals surface area contributed by atoms with Crippen molar-refractivity contribution in [2.24, 2.45) is 5.92 Å². The van der Waals surface area contributed by atoms with Crippen molar-refractivity contribution in [2.45, 2.75) is 37.3 Å². The van der Waals surface area contributed by atoms with Gasteiger partial charge < -0.3 is 4.74 Å². The highest BCUT2D eigenvalue weighted by atomic mass is 32.2. The number of rotatable bonds is 7. The Labute approximate surface area is 182 Å². The first-order chi connectivity index (χ1) is 14.7. The van der Waals surface area contributed by atoms with E-state index >= 15 is 0 Å². The molecule has 0 unspecified atom stereocenters. The Balaban J connectivity index is 1.80. The fraction of sp³-hybridized carbons (Fsp3) is 0.364. The maximum atomic E-state index is 13.6. The van der Waals surface area contributed by atoms with Crippen LogP contribution in [0.1, 0.15) is 29.7 Å². The van der Waals surface area contributed by atoms with Crippen LogP contribution in [0.25, 0.3) is 15.9 Å². The molecule has 0 saturated heterocycles. The lowest BCUT2D eigenvalue weighted by atomic mass is 10.1. The van der Waals surface area contributed by atoms with Crippen LogP contribution in [-0.4, -0.2) is 22.4 Å². The van der Waals surface area contributed by atoms with Crippen LogP contribution in [0.2, 0.25) is 0 Å². The largest absolute Gasteiger partial charge is 0.497 e. The van der Waals surface area contributed by atoms with E-state index in [0.717, 1.165) is 40.7 Å². The van der Waals surface area contributed by atoms with Crippen molar-refractivity contribution in [2.75, 3.05) is 12.9 Å². The third-order valence-electron chi connectivity index (χ3n) is 5.24. The number of aromatic nitrogens is 2. The van der Waals surface area contributed by atoms with E-state index in [2.05, 4.69) is 12.1 Å². The Morgan fingerprint density at radius 1 is 1.30 bits per heavy atom. The van der Waals surface area contributed by atoms with Gasteiger partial charge in [-0.2, -0.15) is 10.5 Å². The van der Waals surface area contributed by atoms with E-state index in [-0.39, 0.29) is 11.5 Å².